The van der Waals surface area contributed by atoms with E-state index >= 15 is 0 Å². The number of thiophene rings is 1. The van der Waals surface area contributed by atoms with Crippen LogP contribution < -0.4 is 28.4 Å². The van der Waals surface area contributed by atoms with Gasteiger partial charge in [-0.05, 0) is 50.7 Å². The highest BCUT2D eigenvalue weighted by Gasteiger charge is 2.30. The van der Waals surface area contributed by atoms with Crippen LogP contribution in [0, 0.1) is 0 Å². The fourth-order valence-corrected chi connectivity index (χ4v) is 10.3. The van der Waals surface area contributed by atoms with Crippen LogP contribution in [0.1, 0.15) is 273 Å². The zero-order valence-corrected chi connectivity index (χ0v) is 45.5. The Balaban J connectivity index is 2.20. The molecule has 0 aliphatic heterocycles. The molecule has 7 heteroatoms. The van der Waals surface area contributed by atoms with E-state index in [0.29, 0.717) is 39.6 Å². The molecule has 2 aromatic carbocycles. The van der Waals surface area contributed by atoms with Crippen molar-refractivity contribution in [1.82, 2.24) is 0 Å². The highest BCUT2D eigenvalue weighted by molar-refractivity contribution is 7.26. The summed E-state index contributed by atoms with van der Waals surface area (Å²) >= 11 is 1.77. The van der Waals surface area contributed by atoms with E-state index in [0.717, 1.165) is 112 Å². The standard InChI is InChI=1S/C60H104O6S/c1-7-13-19-25-31-37-45-61-52-44-43-51-53-55(63-47-39-33-27-21-15-9-3)56(64-48-40-34-28-22-16-10-4)57(65-49-41-35-29-23-17-11-5)58(66-50-42-36-30-24-18-12-6)60(53)67-59(51)54(52)62-46-38-32-26-20-14-8-2/h43-44H,7-42,45-50H2,1-6H3. The van der Waals surface area contributed by atoms with Crippen LogP contribution >= 0.6 is 11.3 Å². The molecule has 1 heterocycles. The molecule has 67 heavy (non-hydrogen) atoms. The summed E-state index contributed by atoms with van der Waals surface area (Å²) in [5.41, 5.74) is 0. The number of hydrogen-bond acceptors (Lipinski definition) is 7. The van der Waals surface area contributed by atoms with E-state index in [9.17, 15) is 0 Å². The smallest absolute Gasteiger partial charge is 0.209 e. The van der Waals surface area contributed by atoms with E-state index in [4.69, 9.17) is 28.4 Å². The first-order chi connectivity index (χ1) is 33.2. The van der Waals surface area contributed by atoms with Gasteiger partial charge in [0.05, 0.1) is 54.4 Å². The van der Waals surface area contributed by atoms with Gasteiger partial charge in [-0.2, -0.15) is 0 Å². The van der Waals surface area contributed by atoms with Crippen LogP contribution in [0.2, 0.25) is 0 Å². The number of rotatable bonds is 48. The molecule has 0 saturated heterocycles. The Morgan fingerprint density at radius 1 is 0.269 bits per heavy atom. The largest absolute Gasteiger partial charge is 0.490 e. The van der Waals surface area contributed by atoms with Gasteiger partial charge in [-0.1, -0.05) is 234 Å². The predicted octanol–water partition coefficient (Wildman–Crippen LogP) is 20.5. The molecule has 0 spiro atoms. The number of ether oxygens (including phenoxy) is 6. The molecule has 0 N–H and O–H groups in total. The molecular formula is C60H104O6S. The van der Waals surface area contributed by atoms with Crippen molar-refractivity contribution >= 4 is 31.5 Å². The Kier molecular flexibility index (Phi) is 35.3. The van der Waals surface area contributed by atoms with Gasteiger partial charge in [0, 0.05) is 5.39 Å². The van der Waals surface area contributed by atoms with Crippen molar-refractivity contribution in [3.63, 3.8) is 0 Å². The molecule has 386 valence electrons. The first-order valence-electron chi connectivity index (χ1n) is 29.0. The highest BCUT2D eigenvalue weighted by Crippen LogP contribution is 2.58. The molecule has 0 saturated carbocycles. The van der Waals surface area contributed by atoms with Gasteiger partial charge >= 0.3 is 0 Å². The average molecular weight is 954 g/mol. The summed E-state index contributed by atoms with van der Waals surface area (Å²) in [6, 6.07) is 4.42. The van der Waals surface area contributed by atoms with Crippen LogP contribution in [0.3, 0.4) is 0 Å². The molecule has 0 fully saturated rings. The number of fused-ring (bicyclic) bond motifs is 3. The van der Waals surface area contributed by atoms with E-state index in [1.807, 2.05) is 0 Å². The minimum atomic E-state index is 0.625. The third-order valence-electron chi connectivity index (χ3n) is 13.3. The molecule has 0 atom stereocenters. The highest BCUT2D eigenvalue weighted by atomic mass is 32.1. The third-order valence-corrected chi connectivity index (χ3v) is 14.5. The van der Waals surface area contributed by atoms with Gasteiger partial charge in [-0.15, -0.1) is 11.3 Å². The third kappa shape index (κ3) is 23.8. The van der Waals surface area contributed by atoms with Gasteiger partial charge < -0.3 is 28.4 Å². The summed E-state index contributed by atoms with van der Waals surface area (Å²) in [5, 5.41) is 2.19. The zero-order valence-electron chi connectivity index (χ0n) is 44.7. The van der Waals surface area contributed by atoms with Crippen molar-refractivity contribution in [3.8, 4) is 34.5 Å². The van der Waals surface area contributed by atoms with Gasteiger partial charge in [0.25, 0.3) is 0 Å². The molecular weight excluding hydrogens is 849 g/mol. The second kappa shape index (κ2) is 40.2. The Morgan fingerprint density at radius 2 is 0.552 bits per heavy atom. The molecule has 3 rings (SSSR count). The summed E-state index contributed by atoms with van der Waals surface area (Å²) in [5.74, 6) is 4.81. The van der Waals surface area contributed by atoms with Gasteiger partial charge in [0.1, 0.15) is 0 Å². The van der Waals surface area contributed by atoms with Gasteiger partial charge in [-0.3, -0.25) is 0 Å². The van der Waals surface area contributed by atoms with E-state index in [2.05, 4.69) is 53.7 Å². The van der Waals surface area contributed by atoms with E-state index in [1.165, 1.54) is 173 Å². The number of hydrogen-bond donors (Lipinski definition) is 0. The fourth-order valence-electron chi connectivity index (χ4n) is 9.06. The summed E-state index contributed by atoms with van der Waals surface area (Å²) in [7, 11) is 0. The topological polar surface area (TPSA) is 55.4 Å². The SMILES string of the molecule is CCCCCCCCOc1ccc2c(sc3c(OCCCCCCCC)c(OCCCCCCCC)c(OCCCCCCCC)c(OCCCCCCCC)c32)c1OCCCCCCCC. The lowest BCUT2D eigenvalue weighted by molar-refractivity contribution is 0.222. The van der Waals surface area contributed by atoms with Crippen LogP contribution in [0.15, 0.2) is 12.1 Å². The van der Waals surface area contributed by atoms with Gasteiger partial charge in [0.15, 0.2) is 23.0 Å². The van der Waals surface area contributed by atoms with Crippen LogP contribution in [-0.2, 0) is 0 Å². The molecule has 0 bridgehead atoms. The fraction of sp³-hybridized carbons (Fsp3) is 0.800. The molecule has 0 aliphatic rings. The van der Waals surface area contributed by atoms with Crippen LogP contribution in [0.5, 0.6) is 34.5 Å². The Labute approximate surface area is 417 Å². The Hall–Kier alpha value is -2.54. The minimum absolute atomic E-state index is 0.625. The van der Waals surface area contributed by atoms with Crippen LogP contribution in [0.4, 0.5) is 0 Å². The summed E-state index contributed by atoms with van der Waals surface area (Å²) in [6.07, 6.45) is 43.7. The maximum Gasteiger partial charge on any atom is 0.209 e. The maximum atomic E-state index is 7.09. The zero-order chi connectivity index (χ0) is 47.8. The summed E-state index contributed by atoms with van der Waals surface area (Å²) < 4.78 is 43.9. The summed E-state index contributed by atoms with van der Waals surface area (Å²) in [6.45, 7) is 17.6. The molecule has 0 amide bonds. The Bertz CT molecular complexity index is 1620. The molecule has 3 aromatic rings. The lowest BCUT2D eigenvalue weighted by atomic mass is 10.1. The van der Waals surface area contributed by atoms with Crippen LogP contribution in [-0.4, -0.2) is 39.6 Å². The van der Waals surface area contributed by atoms with E-state index in [-0.39, 0.29) is 0 Å². The van der Waals surface area contributed by atoms with Crippen LogP contribution in [0.25, 0.3) is 20.2 Å². The van der Waals surface area contributed by atoms with Crippen molar-refractivity contribution < 1.29 is 28.4 Å². The van der Waals surface area contributed by atoms with Crippen molar-refractivity contribution in [1.29, 1.82) is 0 Å². The molecule has 1 aromatic heterocycles. The Morgan fingerprint density at radius 3 is 0.925 bits per heavy atom. The van der Waals surface area contributed by atoms with Gasteiger partial charge in [-0.25, -0.2) is 0 Å². The van der Waals surface area contributed by atoms with Crippen molar-refractivity contribution in [3.05, 3.63) is 12.1 Å². The predicted molar refractivity (Wildman–Crippen MR) is 293 cm³/mol. The monoisotopic (exact) mass is 953 g/mol. The van der Waals surface area contributed by atoms with E-state index < -0.39 is 0 Å². The van der Waals surface area contributed by atoms with Crippen molar-refractivity contribution in [2.45, 2.75) is 273 Å². The minimum Gasteiger partial charge on any atom is -0.490 e. The maximum absolute atomic E-state index is 7.09. The molecule has 0 unspecified atom stereocenters. The normalized spacial score (nSPS) is 11.6. The lowest BCUT2D eigenvalue weighted by Crippen LogP contribution is -2.09. The lowest BCUT2D eigenvalue weighted by Gasteiger charge is -2.22. The van der Waals surface area contributed by atoms with E-state index in [1.54, 1.807) is 11.3 Å². The summed E-state index contributed by atoms with van der Waals surface area (Å²) in [4.78, 5) is 0. The molecule has 0 radical (unpaired) electrons. The second-order valence-electron chi connectivity index (χ2n) is 19.6. The average Bonchev–Trinajstić information content (AvgIpc) is 3.73. The van der Waals surface area contributed by atoms with Crippen molar-refractivity contribution in [2.24, 2.45) is 0 Å². The molecule has 0 aliphatic carbocycles. The van der Waals surface area contributed by atoms with Crippen molar-refractivity contribution in [2.75, 3.05) is 39.6 Å². The first-order valence-corrected chi connectivity index (χ1v) is 29.8. The molecule has 6 nitrogen and oxygen atoms in total. The quantitative estimate of drug-likeness (QED) is 0.0526. The first kappa shape index (κ1) is 58.8. The number of unbranched alkanes of at least 4 members (excludes halogenated alkanes) is 30. The van der Waals surface area contributed by atoms with Gasteiger partial charge in [0.2, 0.25) is 11.5 Å². The second-order valence-corrected chi connectivity index (χ2v) is 20.6. The number of benzene rings is 2.